The molecule has 4 nitrogen and oxygen atoms in total. The molecule has 2 rings (SSSR count). The van der Waals surface area contributed by atoms with E-state index in [4.69, 9.17) is 0 Å². The van der Waals surface area contributed by atoms with Crippen molar-refractivity contribution in [3.63, 3.8) is 0 Å². The summed E-state index contributed by atoms with van der Waals surface area (Å²) in [6.45, 7) is 7.64. The lowest BCUT2D eigenvalue weighted by Crippen LogP contribution is -2.34. The first-order chi connectivity index (χ1) is 12.6. The standard InChI is InChI=1S/C21H24F2N2O2/c1-14(26)25(18-11-6-5-8-15(18)21(2,3)4)13-12-19(27)24-20-16(22)9-7-10-17(20)23/h5-11H,12-13H2,1-4H3,(H,24,27). The number of anilines is 2. The average Bonchev–Trinajstić information content (AvgIpc) is 2.58. The zero-order valence-electron chi connectivity index (χ0n) is 16.0. The lowest BCUT2D eigenvalue weighted by atomic mass is 9.85. The Kier molecular flexibility index (Phi) is 6.31. The summed E-state index contributed by atoms with van der Waals surface area (Å²) in [5, 5.41) is 2.24. The molecule has 1 N–H and O–H groups in total. The molecule has 0 aliphatic rings. The molecule has 0 aliphatic heterocycles. The molecule has 0 bridgehead atoms. The average molecular weight is 374 g/mol. The minimum atomic E-state index is -0.843. The number of amides is 2. The zero-order valence-corrected chi connectivity index (χ0v) is 16.0. The van der Waals surface area contributed by atoms with Gasteiger partial charge in [0.05, 0.1) is 0 Å². The van der Waals surface area contributed by atoms with E-state index in [9.17, 15) is 18.4 Å². The van der Waals surface area contributed by atoms with Crippen molar-refractivity contribution < 1.29 is 18.4 Å². The van der Waals surface area contributed by atoms with Crippen LogP contribution in [0, 0.1) is 11.6 Å². The number of halogens is 2. The lowest BCUT2D eigenvalue weighted by Gasteiger charge is -2.29. The van der Waals surface area contributed by atoms with Crippen LogP contribution in [0.5, 0.6) is 0 Å². The molecular weight excluding hydrogens is 350 g/mol. The van der Waals surface area contributed by atoms with E-state index in [1.54, 1.807) is 0 Å². The van der Waals surface area contributed by atoms with Crippen LogP contribution in [0.4, 0.5) is 20.2 Å². The van der Waals surface area contributed by atoms with Gasteiger partial charge in [-0.2, -0.15) is 0 Å². The Bertz CT molecular complexity index is 824. The van der Waals surface area contributed by atoms with Crippen molar-refractivity contribution in [1.82, 2.24) is 0 Å². The van der Waals surface area contributed by atoms with Crippen LogP contribution in [0.25, 0.3) is 0 Å². The molecule has 0 unspecified atom stereocenters. The molecule has 27 heavy (non-hydrogen) atoms. The van der Waals surface area contributed by atoms with E-state index in [0.29, 0.717) is 0 Å². The third kappa shape index (κ3) is 5.12. The first-order valence-electron chi connectivity index (χ1n) is 8.72. The third-order valence-corrected chi connectivity index (χ3v) is 4.17. The van der Waals surface area contributed by atoms with Crippen molar-refractivity contribution in [3.05, 3.63) is 59.7 Å². The van der Waals surface area contributed by atoms with Crippen molar-refractivity contribution in [2.75, 3.05) is 16.8 Å². The number of para-hydroxylation sites is 2. The molecular formula is C21H24F2N2O2. The van der Waals surface area contributed by atoms with Crippen LogP contribution >= 0.6 is 0 Å². The van der Waals surface area contributed by atoms with Crippen molar-refractivity contribution in [3.8, 4) is 0 Å². The molecule has 2 aromatic carbocycles. The predicted octanol–water partition coefficient (Wildman–Crippen LogP) is 4.64. The van der Waals surface area contributed by atoms with Gasteiger partial charge in [-0.15, -0.1) is 0 Å². The van der Waals surface area contributed by atoms with Crippen molar-refractivity contribution in [1.29, 1.82) is 0 Å². The van der Waals surface area contributed by atoms with Crippen LogP contribution < -0.4 is 10.2 Å². The van der Waals surface area contributed by atoms with E-state index in [2.05, 4.69) is 5.32 Å². The fourth-order valence-electron chi connectivity index (χ4n) is 2.82. The number of carbonyl (C=O) groups is 2. The Morgan fingerprint density at radius 2 is 1.59 bits per heavy atom. The van der Waals surface area contributed by atoms with Gasteiger partial charge in [0.15, 0.2) is 0 Å². The smallest absolute Gasteiger partial charge is 0.226 e. The van der Waals surface area contributed by atoms with Crippen LogP contribution in [0.2, 0.25) is 0 Å². The fourth-order valence-corrected chi connectivity index (χ4v) is 2.82. The summed E-state index contributed by atoms with van der Waals surface area (Å²) in [4.78, 5) is 25.9. The topological polar surface area (TPSA) is 49.4 Å². The first-order valence-corrected chi connectivity index (χ1v) is 8.72. The summed E-state index contributed by atoms with van der Waals surface area (Å²) in [7, 11) is 0. The fraction of sp³-hybridized carbons (Fsp3) is 0.333. The molecule has 0 aromatic heterocycles. The van der Waals surface area contributed by atoms with Gasteiger partial charge < -0.3 is 10.2 Å². The highest BCUT2D eigenvalue weighted by molar-refractivity contribution is 5.95. The summed E-state index contributed by atoms with van der Waals surface area (Å²) in [5.41, 5.74) is 1.03. The Balaban J connectivity index is 2.17. The predicted molar refractivity (Wildman–Crippen MR) is 103 cm³/mol. The van der Waals surface area contributed by atoms with Gasteiger partial charge in [0.2, 0.25) is 11.8 Å². The monoisotopic (exact) mass is 374 g/mol. The van der Waals surface area contributed by atoms with Crippen molar-refractivity contribution >= 4 is 23.2 Å². The quantitative estimate of drug-likeness (QED) is 0.829. The highest BCUT2D eigenvalue weighted by Gasteiger charge is 2.23. The molecule has 0 saturated carbocycles. The lowest BCUT2D eigenvalue weighted by molar-refractivity contribution is -0.117. The van der Waals surface area contributed by atoms with E-state index < -0.39 is 23.2 Å². The van der Waals surface area contributed by atoms with Gasteiger partial charge in [0.1, 0.15) is 17.3 Å². The Labute approximate surface area is 158 Å². The minimum absolute atomic E-state index is 0.0914. The maximum Gasteiger partial charge on any atom is 0.226 e. The van der Waals surface area contributed by atoms with Gasteiger partial charge in [-0.05, 0) is 29.2 Å². The molecule has 0 fully saturated rings. The SMILES string of the molecule is CC(=O)N(CCC(=O)Nc1c(F)cccc1F)c1ccccc1C(C)(C)C. The molecule has 0 heterocycles. The largest absolute Gasteiger partial charge is 0.321 e. The normalized spacial score (nSPS) is 11.2. The van der Waals surface area contributed by atoms with Gasteiger partial charge in [-0.1, -0.05) is 45.0 Å². The maximum atomic E-state index is 13.7. The van der Waals surface area contributed by atoms with E-state index in [1.165, 1.54) is 17.9 Å². The van der Waals surface area contributed by atoms with Gasteiger partial charge in [-0.25, -0.2) is 8.78 Å². The number of nitrogens with one attached hydrogen (secondary N) is 1. The summed E-state index contributed by atoms with van der Waals surface area (Å²) in [6, 6.07) is 10.9. The highest BCUT2D eigenvalue weighted by atomic mass is 19.1. The van der Waals surface area contributed by atoms with Gasteiger partial charge in [0, 0.05) is 25.6 Å². The number of nitrogens with zero attached hydrogens (tertiary/aromatic N) is 1. The molecule has 0 radical (unpaired) electrons. The van der Waals surface area contributed by atoms with Crippen LogP contribution in [-0.2, 0) is 15.0 Å². The summed E-state index contributed by atoms with van der Waals surface area (Å²) >= 11 is 0. The van der Waals surface area contributed by atoms with Crippen molar-refractivity contribution in [2.45, 2.75) is 39.5 Å². The minimum Gasteiger partial charge on any atom is -0.321 e. The van der Waals surface area contributed by atoms with Crippen LogP contribution in [0.1, 0.15) is 39.7 Å². The second-order valence-electron chi connectivity index (χ2n) is 7.33. The van der Waals surface area contributed by atoms with Crippen LogP contribution in [0.15, 0.2) is 42.5 Å². The van der Waals surface area contributed by atoms with E-state index >= 15 is 0 Å². The second-order valence-corrected chi connectivity index (χ2v) is 7.33. The Morgan fingerprint density at radius 1 is 1.00 bits per heavy atom. The zero-order chi connectivity index (χ0) is 20.2. The molecule has 2 amide bonds. The highest BCUT2D eigenvalue weighted by Crippen LogP contribution is 2.32. The number of rotatable bonds is 5. The molecule has 0 spiro atoms. The van der Waals surface area contributed by atoms with Crippen LogP contribution in [0.3, 0.4) is 0 Å². The number of benzene rings is 2. The van der Waals surface area contributed by atoms with Crippen molar-refractivity contribution in [2.24, 2.45) is 0 Å². The summed E-state index contributed by atoms with van der Waals surface area (Å²) in [5.74, 6) is -2.47. The third-order valence-electron chi connectivity index (χ3n) is 4.17. The van der Waals surface area contributed by atoms with Crippen LogP contribution in [-0.4, -0.2) is 18.4 Å². The molecule has 0 aliphatic carbocycles. The van der Waals surface area contributed by atoms with Gasteiger partial charge in [0.25, 0.3) is 0 Å². The number of hydrogen-bond acceptors (Lipinski definition) is 2. The Hall–Kier alpha value is -2.76. The maximum absolute atomic E-state index is 13.7. The summed E-state index contributed by atoms with van der Waals surface area (Å²) in [6.07, 6.45) is -0.0914. The summed E-state index contributed by atoms with van der Waals surface area (Å²) < 4.78 is 27.3. The molecule has 0 saturated heterocycles. The second kappa shape index (κ2) is 8.29. The van der Waals surface area contributed by atoms with E-state index in [1.807, 2.05) is 45.0 Å². The molecule has 2 aromatic rings. The molecule has 144 valence electrons. The number of carbonyl (C=O) groups excluding carboxylic acids is 2. The first kappa shape index (κ1) is 20.6. The Morgan fingerprint density at radius 3 is 2.15 bits per heavy atom. The van der Waals surface area contributed by atoms with Gasteiger partial charge >= 0.3 is 0 Å². The van der Waals surface area contributed by atoms with E-state index in [0.717, 1.165) is 23.4 Å². The number of hydrogen-bond donors (Lipinski definition) is 1. The van der Waals surface area contributed by atoms with E-state index in [-0.39, 0.29) is 24.3 Å². The molecule has 6 heteroatoms. The van der Waals surface area contributed by atoms with Gasteiger partial charge in [-0.3, -0.25) is 9.59 Å². The molecule has 0 atom stereocenters.